The van der Waals surface area contributed by atoms with Crippen molar-refractivity contribution in [2.24, 2.45) is 0 Å². The molecule has 0 saturated carbocycles. The first-order valence-corrected chi connectivity index (χ1v) is 8.15. The molecule has 0 bridgehead atoms. The van der Waals surface area contributed by atoms with Gasteiger partial charge in [0.25, 0.3) is 0 Å². The normalized spacial score (nSPS) is 12.4. The second kappa shape index (κ2) is 7.84. The molecular weight excluding hydrogens is 301 g/mol. The first-order chi connectivity index (χ1) is 10.1. The van der Waals surface area contributed by atoms with Crippen LogP contribution in [0, 0.1) is 0 Å². The van der Waals surface area contributed by atoms with Crippen molar-refractivity contribution in [1.29, 1.82) is 0 Å². The molecule has 112 valence electrons. The smallest absolute Gasteiger partial charge is 0.0453 e. The Kier molecular flexibility index (Phi) is 6.10. The SMILES string of the molecule is CCNC(Cc1ccc(Cl)cc1Cl)c1cccc(CC)c1. The highest BCUT2D eigenvalue weighted by Gasteiger charge is 2.13. The molecule has 0 saturated heterocycles. The van der Waals surface area contributed by atoms with E-state index in [4.69, 9.17) is 23.2 Å². The van der Waals surface area contributed by atoms with Crippen molar-refractivity contribution in [3.8, 4) is 0 Å². The predicted molar refractivity (Wildman–Crippen MR) is 92.4 cm³/mol. The third-order valence-electron chi connectivity index (χ3n) is 3.65. The summed E-state index contributed by atoms with van der Waals surface area (Å²) in [5.41, 5.74) is 3.79. The van der Waals surface area contributed by atoms with Crippen LogP contribution in [-0.2, 0) is 12.8 Å². The van der Waals surface area contributed by atoms with Crippen LogP contribution in [0.15, 0.2) is 42.5 Å². The van der Waals surface area contributed by atoms with Crippen LogP contribution in [0.25, 0.3) is 0 Å². The molecule has 1 N–H and O–H groups in total. The van der Waals surface area contributed by atoms with Gasteiger partial charge in [0.2, 0.25) is 0 Å². The lowest BCUT2D eigenvalue weighted by molar-refractivity contribution is 0.549. The number of nitrogens with one attached hydrogen (secondary N) is 1. The molecule has 1 atom stereocenters. The Bertz CT molecular complexity index is 596. The van der Waals surface area contributed by atoms with Gasteiger partial charge in [-0.05, 0) is 48.2 Å². The third kappa shape index (κ3) is 4.47. The molecule has 0 aliphatic heterocycles. The molecule has 0 amide bonds. The van der Waals surface area contributed by atoms with Crippen molar-refractivity contribution in [3.05, 3.63) is 69.2 Å². The van der Waals surface area contributed by atoms with E-state index in [-0.39, 0.29) is 6.04 Å². The number of rotatable bonds is 6. The summed E-state index contributed by atoms with van der Waals surface area (Å²) >= 11 is 12.3. The fraction of sp³-hybridized carbons (Fsp3) is 0.333. The average Bonchev–Trinajstić information content (AvgIpc) is 2.49. The highest BCUT2D eigenvalue weighted by atomic mass is 35.5. The zero-order valence-corrected chi connectivity index (χ0v) is 14.0. The van der Waals surface area contributed by atoms with Crippen LogP contribution in [0.1, 0.15) is 36.6 Å². The van der Waals surface area contributed by atoms with Crippen molar-refractivity contribution < 1.29 is 0 Å². The van der Waals surface area contributed by atoms with Gasteiger partial charge in [-0.3, -0.25) is 0 Å². The summed E-state index contributed by atoms with van der Waals surface area (Å²) in [6.45, 7) is 5.23. The van der Waals surface area contributed by atoms with Crippen LogP contribution in [0.2, 0.25) is 10.0 Å². The monoisotopic (exact) mass is 321 g/mol. The van der Waals surface area contributed by atoms with Crippen molar-refractivity contribution in [2.75, 3.05) is 6.54 Å². The van der Waals surface area contributed by atoms with Gasteiger partial charge in [0.15, 0.2) is 0 Å². The van der Waals surface area contributed by atoms with Gasteiger partial charge in [0, 0.05) is 16.1 Å². The number of hydrogen-bond acceptors (Lipinski definition) is 1. The molecule has 0 radical (unpaired) electrons. The molecule has 0 heterocycles. The van der Waals surface area contributed by atoms with E-state index < -0.39 is 0 Å². The quantitative estimate of drug-likeness (QED) is 0.746. The van der Waals surface area contributed by atoms with E-state index in [0.717, 1.165) is 30.0 Å². The van der Waals surface area contributed by atoms with Gasteiger partial charge in [-0.25, -0.2) is 0 Å². The van der Waals surface area contributed by atoms with E-state index in [9.17, 15) is 0 Å². The first kappa shape index (κ1) is 16.4. The van der Waals surface area contributed by atoms with E-state index in [1.54, 1.807) is 0 Å². The molecular formula is C18H21Cl2N. The highest BCUT2D eigenvalue weighted by molar-refractivity contribution is 6.35. The maximum atomic E-state index is 6.31. The summed E-state index contributed by atoms with van der Waals surface area (Å²) in [7, 11) is 0. The highest BCUT2D eigenvalue weighted by Crippen LogP contribution is 2.26. The topological polar surface area (TPSA) is 12.0 Å². The molecule has 21 heavy (non-hydrogen) atoms. The van der Waals surface area contributed by atoms with E-state index in [2.05, 4.69) is 43.4 Å². The molecule has 2 aromatic rings. The molecule has 0 aromatic heterocycles. The van der Waals surface area contributed by atoms with Crippen molar-refractivity contribution >= 4 is 23.2 Å². The van der Waals surface area contributed by atoms with Crippen molar-refractivity contribution in [3.63, 3.8) is 0 Å². The van der Waals surface area contributed by atoms with Gasteiger partial charge >= 0.3 is 0 Å². The number of likely N-dealkylation sites (N-methyl/N-ethyl adjacent to an activating group) is 1. The maximum absolute atomic E-state index is 6.31. The summed E-state index contributed by atoms with van der Waals surface area (Å²) in [5.74, 6) is 0. The number of benzene rings is 2. The summed E-state index contributed by atoms with van der Waals surface area (Å²) in [6.07, 6.45) is 1.91. The molecule has 0 aliphatic carbocycles. The standard InChI is InChI=1S/C18H21Cl2N/c1-3-13-6-5-7-15(10-13)18(21-4-2)11-14-8-9-16(19)12-17(14)20/h5-10,12,18,21H,3-4,11H2,1-2H3. The maximum Gasteiger partial charge on any atom is 0.0453 e. The molecule has 2 rings (SSSR count). The minimum Gasteiger partial charge on any atom is -0.310 e. The first-order valence-electron chi connectivity index (χ1n) is 7.40. The average molecular weight is 322 g/mol. The van der Waals surface area contributed by atoms with Gasteiger partial charge < -0.3 is 5.32 Å². The largest absolute Gasteiger partial charge is 0.310 e. The van der Waals surface area contributed by atoms with Gasteiger partial charge in [0.05, 0.1) is 0 Å². The second-order valence-electron chi connectivity index (χ2n) is 5.15. The molecule has 0 aliphatic rings. The summed E-state index contributed by atoms with van der Waals surface area (Å²) in [6, 6.07) is 14.7. The second-order valence-corrected chi connectivity index (χ2v) is 5.99. The zero-order valence-electron chi connectivity index (χ0n) is 12.5. The van der Waals surface area contributed by atoms with Crippen LogP contribution in [-0.4, -0.2) is 6.54 Å². The van der Waals surface area contributed by atoms with Crippen LogP contribution in [0.4, 0.5) is 0 Å². The van der Waals surface area contributed by atoms with Crippen LogP contribution in [0.5, 0.6) is 0 Å². The van der Waals surface area contributed by atoms with Gasteiger partial charge in [0.1, 0.15) is 0 Å². The molecule has 0 fully saturated rings. The Labute approximate surface area is 137 Å². The van der Waals surface area contributed by atoms with Gasteiger partial charge in [-0.1, -0.05) is 67.4 Å². The molecule has 3 heteroatoms. The lowest BCUT2D eigenvalue weighted by atomic mass is 9.96. The Morgan fingerprint density at radius 1 is 1.05 bits per heavy atom. The lowest BCUT2D eigenvalue weighted by Crippen LogP contribution is -2.23. The van der Waals surface area contributed by atoms with Crippen LogP contribution < -0.4 is 5.32 Å². The fourth-order valence-electron chi connectivity index (χ4n) is 2.49. The zero-order chi connectivity index (χ0) is 15.2. The number of aryl methyl sites for hydroxylation is 1. The van der Waals surface area contributed by atoms with E-state index >= 15 is 0 Å². The Morgan fingerprint density at radius 2 is 1.86 bits per heavy atom. The fourth-order valence-corrected chi connectivity index (χ4v) is 2.98. The van der Waals surface area contributed by atoms with E-state index in [1.807, 2.05) is 18.2 Å². The number of halogens is 2. The van der Waals surface area contributed by atoms with Crippen molar-refractivity contribution in [2.45, 2.75) is 32.7 Å². The van der Waals surface area contributed by atoms with Crippen LogP contribution in [0.3, 0.4) is 0 Å². The van der Waals surface area contributed by atoms with Gasteiger partial charge in [-0.2, -0.15) is 0 Å². The Hall–Kier alpha value is -1.02. The number of hydrogen-bond donors (Lipinski definition) is 1. The molecule has 1 nitrogen and oxygen atoms in total. The molecule has 1 unspecified atom stereocenters. The predicted octanol–water partition coefficient (Wildman–Crippen LogP) is 5.45. The summed E-state index contributed by atoms with van der Waals surface area (Å²) in [5, 5.41) is 4.96. The molecule has 2 aromatic carbocycles. The summed E-state index contributed by atoms with van der Waals surface area (Å²) < 4.78 is 0. The molecule has 0 spiro atoms. The van der Waals surface area contributed by atoms with E-state index in [1.165, 1.54) is 11.1 Å². The van der Waals surface area contributed by atoms with E-state index in [0.29, 0.717) is 5.02 Å². The van der Waals surface area contributed by atoms with Crippen molar-refractivity contribution in [1.82, 2.24) is 5.32 Å². The third-order valence-corrected chi connectivity index (χ3v) is 4.24. The minimum atomic E-state index is 0.264. The summed E-state index contributed by atoms with van der Waals surface area (Å²) in [4.78, 5) is 0. The lowest BCUT2D eigenvalue weighted by Gasteiger charge is -2.20. The Balaban J connectivity index is 2.25. The van der Waals surface area contributed by atoms with Gasteiger partial charge in [-0.15, -0.1) is 0 Å². The minimum absolute atomic E-state index is 0.264. The van der Waals surface area contributed by atoms with Crippen LogP contribution >= 0.6 is 23.2 Å². The Morgan fingerprint density at radius 3 is 2.52 bits per heavy atom.